The van der Waals surface area contributed by atoms with E-state index in [1.54, 1.807) is 4.31 Å². The maximum Gasteiger partial charge on any atom is 0.211 e. The minimum Gasteiger partial charge on any atom is -0.380 e. The maximum absolute atomic E-state index is 11.4. The summed E-state index contributed by atoms with van der Waals surface area (Å²) in [7, 11) is -1.14. The second kappa shape index (κ2) is 6.54. The Hall–Kier alpha value is -0.170. The number of sulfonamides is 1. The molecule has 0 aliphatic carbocycles. The predicted octanol–water partition coefficient (Wildman–Crippen LogP) is -0.106. The van der Waals surface area contributed by atoms with Crippen LogP contribution in [0.25, 0.3) is 0 Å². The van der Waals surface area contributed by atoms with E-state index in [9.17, 15) is 8.42 Å². The molecule has 1 rings (SSSR count). The van der Waals surface area contributed by atoms with Crippen LogP contribution in [0.5, 0.6) is 0 Å². The van der Waals surface area contributed by atoms with Crippen LogP contribution in [-0.4, -0.2) is 58.9 Å². The van der Waals surface area contributed by atoms with E-state index in [0.717, 1.165) is 19.4 Å². The lowest BCUT2D eigenvalue weighted by Gasteiger charge is -2.30. The molecule has 96 valence electrons. The van der Waals surface area contributed by atoms with Crippen molar-refractivity contribution in [3.8, 4) is 0 Å². The number of likely N-dealkylation sites (N-methyl/N-ethyl adjacent to an activating group) is 1. The summed E-state index contributed by atoms with van der Waals surface area (Å²) in [6, 6.07) is 0. The third kappa shape index (κ3) is 4.78. The zero-order chi connectivity index (χ0) is 12.0. The normalized spacial score (nSPS) is 23.5. The Balaban J connectivity index is 2.28. The molecular formula is C10H22N2O3S. The molecular weight excluding hydrogens is 228 g/mol. The average molecular weight is 250 g/mol. The van der Waals surface area contributed by atoms with E-state index in [4.69, 9.17) is 4.74 Å². The fourth-order valence-electron chi connectivity index (χ4n) is 1.89. The summed E-state index contributed by atoms with van der Waals surface area (Å²) < 4.78 is 29.8. The van der Waals surface area contributed by atoms with E-state index >= 15 is 0 Å². The summed E-state index contributed by atoms with van der Waals surface area (Å²) >= 11 is 0. The largest absolute Gasteiger partial charge is 0.380 e. The highest BCUT2D eigenvalue weighted by atomic mass is 32.2. The third-order valence-corrected chi connectivity index (χ3v) is 4.07. The Labute approximate surface area is 98.2 Å². The van der Waals surface area contributed by atoms with Crippen LogP contribution in [0.4, 0.5) is 0 Å². The molecule has 1 atom stereocenters. The number of hydrogen-bond acceptors (Lipinski definition) is 4. The number of nitrogens with one attached hydrogen (secondary N) is 1. The molecule has 0 aromatic rings. The second-order valence-corrected chi connectivity index (χ2v) is 6.29. The van der Waals surface area contributed by atoms with Crippen molar-refractivity contribution in [3.05, 3.63) is 0 Å². The van der Waals surface area contributed by atoms with Gasteiger partial charge in [0.25, 0.3) is 0 Å². The summed E-state index contributed by atoms with van der Waals surface area (Å²) in [5, 5.41) is 3.01. The smallest absolute Gasteiger partial charge is 0.211 e. The van der Waals surface area contributed by atoms with Crippen LogP contribution < -0.4 is 5.32 Å². The Morgan fingerprint density at radius 2 is 2.25 bits per heavy atom. The van der Waals surface area contributed by atoms with E-state index < -0.39 is 10.0 Å². The first-order chi connectivity index (χ1) is 7.54. The minimum atomic E-state index is -3.03. The van der Waals surface area contributed by atoms with E-state index in [1.165, 1.54) is 6.26 Å². The van der Waals surface area contributed by atoms with Gasteiger partial charge in [-0.1, -0.05) is 0 Å². The molecule has 6 heteroatoms. The van der Waals surface area contributed by atoms with Crippen LogP contribution in [0, 0.1) is 5.92 Å². The predicted molar refractivity (Wildman–Crippen MR) is 63.9 cm³/mol. The van der Waals surface area contributed by atoms with Gasteiger partial charge in [-0.2, -0.15) is 0 Å². The Morgan fingerprint density at radius 3 is 2.88 bits per heavy atom. The van der Waals surface area contributed by atoms with E-state index in [-0.39, 0.29) is 0 Å². The van der Waals surface area contributed by atoms with Gasteiger partial charge >= 0.3 is 0 Å². The van der Waals surface area contributed by atoms with Crippen molar-refractivity contribution in [1.29, 1.82) is 0 Å². The third-order valence-electron chi connectivity index (χ3n) is 2.80. The molecule has 0 aromatic carbocycles. The van der Waals surface area contributed by atoms with Gasteiger partial charge in [-0.15, -0.1) is 0 Å². The molecule has 0 radical (unpaired) electrons. The molecule has 0 spiro atoms. The molecule has 1 fully saturated rings. The van der Waals surface area contributed by atoms with Crippen LogP contribution in [0.1, 0.15) is 12.8 Å². The molecule has 1 aliphatic heterocycles. The van der Waals surface area contributed by atoms with E-state index in [0.29, 0.717) is 32.2 Å². The van der Waals surface area contributed by atoms with Crippen molar-refractivity contribution in [2.75, 3.05) is 46.2 Å². The van der Waals surface area contributed by atoms with Gasteiger partial charge in [-0.05, 0) is 25.8 Å². The zero-order valence-corrected chi connectivity index (χ0v) is 10.9. The summed E-state index contributed by atoms with van der Waals surface area (Å²) in [5.41, 5.74) is 0. The van der Waals surface area contributed by atoms with Gasteiger partial charge in [0.15, 0.2) is 0 Å². The van der Waals surface area contributed by atoms with Crippen LogP contribution in [0.3, 0.4) is 0 Å². The monoisotopic (exact) mass is 250 g/mol. The van der Waals surface area contributed by atoms with Crippen LogP contribution in [0.2, 0.25) is 0 Å². The maximum atomic E-state index is 11.4. The van der Waals surface area contributed by atoms with Gasteiger partial charge < -0.3 is 10.1 Å². The molecule has 0 aromatic heterocycles. The Bertz CT molecular complexity index is 292. The fraction of sp³-hybridized carbons (Fsp3) is 1.00. The van der Waals surface area contributed by atoms with Crippen molar-refractivity contribution in [2.45, 2.75) is 12.8 Å². The van der Waals surface area contributed by atoms with Crippen molar-refractivity contribution in [1.82, 2.24) is 9.62 Å². The number of ether oxygens (including phenoxy) is 1. The molecule has 0 amide bonds. The highest BCUT2D eigenvalue weighted by Gasteiger charge is 2.25. The molecule has 1 aliphatic rings. The molecule has 0 bridgehead atoms. The molecule has 1 unspecified atom stereocenters. The lowest BCUT2D eigenvalue weighted by Crippen LogP contribution is -2.40. The Kier molecular flexibility index (Phi) is 5.68. The quantitative estimate of drug-likeness (QED) is 0.669. The van der Waals surface area contributed by atoms with Gasteiger partial charge in [0, 0.05) is 19.6 Å². The highest BCUT2D eigenvalue weighted by molar-refractivity contribution is 7.88. The van der Waals surface area contributed by atoms with Crippen molar-refractivity contribution in [2.24, 2.45) is 5.92 Å². The molecule has 0 saturated carbocycles. The van der Waals surface area contributed by atoms with Gasteiger partial charge in [0.2, 0.25) is 10.0 Å². The van der Waals surface area contributed by atoms with E-state index in [1.807, 2.05) is 7.05 Å². The summed E-state index contributed by atoms with van der Waals surface area (Å²) in [6.07, 6.45) is 3.27. The van der Waals surface area contributed by atoms with Crippen molar-refractivity contribution < 1.29 is 13.2 Å². The first kappa shape index (κ1) is 13.9. The van der Waals surface area contributed by atoms with Crippen molar-refractivity contribution >= 4 is 10.0 Å². The molecule has 1 N–H and O–H groups in total. The van der Waals surface area contributed by atoms with Gasteiger partial charge in [0.05, 0.1) is 19.5 Å². The minimum absolute atomic E-state index is 0.348. The summed E-state index contributed by atoms with van der Waals surface area (Å²) in [4.78, 5) is 0. The number of hydrogen-bond donors (Lipinski definition) is 1. The molecule has 1 saturated heterocycles. The van der Waals surface area contributed by atoms with Crippen LogP contribution >= 0.6 is 0 Å². The number of piperidine rings is 1. The molecule has 5 nitrogen and oxygen atoms in total. The van der Waals surface area contributed by atoms with Gasteiger partial charge in [-0.3, -0.25) is 0 Å². The molecule has 1 heterocycles. The van der Waals surface area contributed by atoms with Crippen LogP contribution in [-0.2, 0) is 14.8 Å². The lowest BCUT2D eigenvalue weighted by atomic mass is 10.0. The summed E-state index contributed by atoms with van der Waals surface area (Å²) in [5.74, 6) is 0.348. The number of rotatable bonds is 6. The topological polar surface area (TPSA) is 58.6 Å². The zero-order valence-electron chi connectivity index (χ0n) is 10.1. The van der Waals surface area contributed by atoms with E-state index in [2.05, 4.69) is 5.32 Å². The van der Waals surface area contributed by atoms with Gasteiger partial charge in [-0.25, -0.2) is 12.7 Å². The standard InChI is InChI=1S/C10H22N2O3S/c1-11-5-7-15-9-10-4-3-6-12(8-10)16(2,13)14/h10-11H,3-9H2,1-2H3. The van der Waals surface area contributed by atoms with Crippen LogP contribution in [0.15, 0.2) is 0 Å². The van der Waals surface area contributed by atoms with Crippen molar-refractivity contribution in [3.63, 3.8) is 0 Å². The van der Waals surface area contributed by atoms with Gasteiger partial charge in [0.1, 0.15) is 0 Å². The number of nitrogens with zero attached hydrogens (tertiary/aromatic N) is 1. The Morgan fingerprint density at radius 1 is 1.50 bits per heavy atom. The first-order valence-electron chi connectivity index (χ1n) is 5.71. The lowest BCUT2D eigenvalue weighted by molar-refractivity contribution is 0.0802. The average Bonchev–Trinajstić information content (AvgIpc) is 2.24. The summed E-state index contributed by atoms with van der Waals surface area (Å²) in [6.45, 7) is 3.45. The second-order valence-electron chi connectivity index (χ2n) is 4.31. The highest BCUT2D eigenvalue weighted by Crippen LogP contribution is 2.18. The first-order valence-corrected chi connectivity index (χ1v) is 7.56. The molecule has 16 heavy (non-hydrogen) atoms. The SMILES string of the molecule is CNCCOCC1CCCN(S(C)(=O)=O)C1. The fourth-order valence-corrected chi connectivity index (χ4v) is 2.83.